The zero-order valence-corrected chi connectivity index (χ0v) is 25.8. The number of hydrogen-bond donors (Lipinski definition) is 4. The molecule has 2 atom stereocenters. The molecule has 0 aliphatic heterocycles. The first-order valence-corrected chi connectivity index (χ1v) is 14.6. The van der Waals surface area contributed by atoms with Gasteiger partial charge in [0.15, 0.2) is 11.5 Å². The third-order valence-corrected chi connectivity index (χ3v) is 7.54. The smallest absolute Gasteiger partial charge is 0.303 e. The fraction of sp³-hybridized carbons (Fsp3) is 0.500. The molecule has 0 fully saturated rings. The SMILES string of the molecule is COc1cc2c(c(OC)c1OC)-c1ccc(N[C@@H](C(=O)NCCCCCC(=O)O)C(C)C)c(=O)cc1[C@H](NC(C)=O)CC2. The lowest BCUT2D eigenvalue weighted by molar-refractivity contribution is -0.137. The molecule has 0 radical (unpaired) electrons. The van der Waals surface area contributed by atoms with E-state index in [2.05, 4.69) is 16.0 Å². The number of unbranched alkanes of at least 4 members (excludes halogenated alkanes) is 2. The van der Waals surface area contributed by atoms with Crippen LogP contribution in [0.15, 0.2) is 29.1 Å². The Labute approximate surface area is 252 Å². The third-order valence-electron chi connectivity index (χ3n) is 7.54. The van der Waals surface area contributed by atoms with E-state index in [1.54, 1.807) is 20.3 Å². The summed E-state index contributed by atoms with van der Waals surface area (Å²) in [7, 11) is 4.62. The number of anilines is 1. The Morgan fingerprint density at radius 1 is 1.00 bits per heavy atom. The Morgan fingerprint density at radius 3 is 2.33 bits per heavy atom. The van der Waals surface area contributed by atoms with Crippen LogP contribution in [-0.4, -0.2) is 56.8 Å². The average molecular weight is 598 g/mol. The van der Waals surface area contributed by atoms with E-state index in [0.29, 0.717) is 67.0 Å². The summed E-state index contributed by atoms with van der Waals surface area (Å²) >= 11 is 0. The highest BCUT2D eigenvalue weighted by Crippen LogP contribution is 2.50. The highest BCUT2D eigenvalue weighted by Gasteiger charge is 2.30. The van der Waals surface area contributed by atoms with Crippen LogP contribution in [0.2, 0.25) is 0 Å². The lowest BCUT2D eigenvalue weighted by Crippen LogP contribution is -2.44. The number of carbonyl (C=O) groups excluding carboxylic acids is 2. The summed E-state index contributed by atoms with van der Waals surface area (Å²) in [4.78, 5) is 49.7. The number of carbonyl (C=O) groups is 3. The Hall–Kier alpha value is -4.28. The van der Waals surface area contributed by atoms with Gasteiger partial charge < -0.3 is 35.3 Å². The topological polar surface area (TPSA) is 152 Å². The Bertz CT molecular complexity index is 1390. The average Bonchev–Trinajstić information content (AvgIpc) is 3.20. The number of carboxylic acids is 1. The molecule has 2 aromatic rings. The number of carboxylic acid groups (broad SMARTS) is 1. The van der Waals surface area contributed by atoms with Crippen LogP contribution in [0, 0.1) is 5.92 Å². The summed E-state index contributed by atoms with van der Waals surface area (Å²) in [6.45, 7) is 5.63. The molecule has 43 heavy (non-hydrogen) atoms. The van der Waals surface area contributed by atoms with Gasteiger partial charge in [-0.2, -0.15) is 0 Å². The molecule has 1 aliphatic carbocycles. The van der Waals surface area contributed by atoms with Crippen molar-refractivity contribution in [2.45, 2.75) is 71.4 Å². The highest BCUT2D eigenvalue weighted by atomic mass is 16.5. The van der Waals surface area contributed by atoms with E-state index in [1.165, 1.54) is 20.1 Å². The molecule has 2 aromatic carbocycles. The van der Waals surface area contributed by atoms with Gasteiger partial charge in [0.1, 0.15) is 6.04 Å². The van der Waals surface area contributed by atoms with E-state index in [4.69, 9.17) is 19.3 Å². The second kappa shape index (κ2) is 15.3. The number of rotatable bonds is 14. The van der Waals surface area contributed by atoms with Crippen LogP contribution >= 0.6 is 0 Å². The molecular formula is C32H43N3O8. The van der Waals surface area contributed by atoms with Crippen molar-refractivity contribution in [1.82, 2.24) is 10.6 Å². The van der Waals surface area contributed by atoms with Crippen molar-refractivity contribution in [3.05, 3.63) is 45.6 Å². The van der Waals surface area contributed by atoms with Crippen molar-refractivity contribution < 1.29 is 33.7 Å². The van der Waals surface area contributed by atoms with Crippen molar-refractivity contribution in [2.75, 3.05) is 33.2 Å². The summed E-state index contributed by atoms with van der Waals surface area (Å²) in [6.07, 6.45) is 3.12. The van der Waals surface area contributed by atoms with Crippen molar-refractivity contribution in [3.8, 4) is 28.4 Å². The molecule has 0 bridgehead atoms. The van der Waals surface area contributed by atoms with Crippen molar-refractivity contribution >= 4 is 23.5 Å². The molecule has 234 valence electrons. The largest absolute Gasteiger partial charge is 0.493 e. The van der Waals surface area contributed by atoms with Crippen molar-refractivity contribution in [3.63, 3.8) is 0 Å². The minimum atomic E-state index is -0.834. The van der Waals surface area contributed by atoms with Crippen LogP contribution in [0.1, 0.15) is 70.0 Å². The van der Waals surface area contributed by atoms with Crippen molar-refractivity contribution in [1.29, 1.82) is 0 Å². The van der Waals surface area contributed by atoms with E-state index >= 15 is 0 Å². The minimum Gasteiger partial charge on any atom is -0.493 e. The summed E-state index contributed by atoms with van der Waals surface area (Å²) in [5.41, 5.74) is 2.90. The van der Waals surface area contributed by atoms with Crippen LogP contribution in [0.3, 0.4) is 0 Å². The Morgan fingerprint density at radius 2 is 1.72 bits per heavy atom. The standard InChI is InChI=1S/C32H43N3O8/c1-18(2)29(32(40)33-15-9-7-8-10-27(38)39)35-24-14-12-21-22(17-25(24)37)23(34-19(3)36)13-11-20-16-26(41-4)30(42-5)31(43-6)28(20)21/h12,14,16-18,23,29H,7-11,13,15H2,1-6H3,(H,33,40)(H,34,36)(H,35,37)(H,38,39)/t23-,29-/m1/s1. The van der Waals surface area contributed by atoms with Gasteiger partial charge in [0.25, 0.3) is 0 Å². The molecular weight excluding hydrogens is 554 g/mol. The monoisotopic (exact) mass is 597 g/mol. The van der Waals surface area contributed by atoms with Crippen molar-refractivity contribution in [2.24, 2.45) is 5.92 Å². The maximum Gasteiger partial charge on any atom is 0.303 e. The maximum absolute atomic E-state index is 13.7. The van der Waals surface area contributed by atoms with Crippen LogP contribution in [-0.2, 0) is 20.8 Å². The van der Waals surface area contributed by atoms with Gasteiger partial charge in [-0.25, -0.2) is 0 Å². The van der Waals surface area contributed by atoms with Gasteiger partial charge in [-0.3, -0.25) is 19.2 Å². The summed E-state index contributed by atoms with van der Waals surface area (Å²) < 4.78 is 17.0. The van der Waals surface area contributed by atoms with E-state index in [9.17, 15) is 19.2 Å². The first-order chi connectivity index (χ1) is 20.5. The molecule has 0 unspecified atom stereocenters. The summed E-state index contributed by atoms with van der Waals surface area (Å²) in [6, 6.07) is 5.74. The minimum absolute atomic E-state index is 0.102. The first kappa shape index (κ1) is 33.2. The maximum atomic E-state index is 13.7. The number of fused-ring (bicyclic) bond motifs is 3. The molecule has 0 spiro atoms. The number of hydrogen-bond acceptors (Lipinski definition) is 8. The van der Waals surface area contributed by atoms with Crippen LogP contribution in [0.25, 0.3) is 11.1 Å². The van der Waals surface area contributed by atoms with E-state index in [0.717, 1.165) is 11.1 Å². The fourth-order valence-corrected chi connectivity index (χ4v) is 5.43. The number of ether oxygens (including phenoxy) is 3. The Balaban J connectivity index is 2.03. The van der Waals surface area contributed by atoms with Gasteiger partial charge >= 0.3 is 5.97 Å². The molecule has 0 saturated heterocycles. The fourth-order valence-electron chi connectivity index (χ4n) is 5.43. The number of methoxy groups -OCH3 is 3. The van der Waals surface area contributed by atoms with Gasteiger partial charge in [0.2, 0.25) is 23.0 Å². The molecule has 11 nitrogen and oxygen atoms in total. The molecule has 4 N–H and O–H groups in total. The van der Waals surface area contributed by atoms with E-state index in [-0.39, 0.29) is 35.3 Å². The molecule has 1 aliphatic rings. The van der Waals surface area contributed by atoms with Crippen LogP contribution in [0.5, 0.6) is 17.2 Å². The normalized spacial score (nSPS) is 14.4. The highest BCUT2D eigenvalue weighted by molar-refractivity contribution is 5.86. The molecule has 11 heteroatoms. The molecule has 2 amide bonds. The second-order valence-electron chi connectivity index (χ2n) is 11.0. The molecule has 3 rings (SSSR count). The zero-order valence-electron chi connectivity index (χ0n) is 25.8. The zero-order chi connectivity index (χ0) is 31.7. The van der Waals surface area contributed by atoms with Gasteiger partial charge in [0.05, 0.1) is 33.1 Å². The predicted octanol–water partition coefficient (Wildman–Crippen LogP) is 4.06. The van der Waals surface area contributed by atoms with Gasteiger partial charge in [0, 0.05) is 25.5 Å². The Kier molecular flexibility index (Phi) is 11.8. The number of aliphatic carboxylic acids is 1. The molecule has 0 saturated carbocycles. The van der Waals surface area contributed by atoms with Gasteiger partial charge in [-0.15, -0.1) is 0 Å². The second-order valence-corrected chi connectivity index (χ2v) is 11.0. The third kappa shape index (κ3) is 8.18. The van der Waals surface area contributed by atoms with E-state index in [1.807, 2.05) is 26.0 Å². The lowest BCUT2D eigenvalue weighted by Gasteiger charge is -2.22. The first-order valence-electron chi connectivity index (χ1n) is 14.6. The van der Waals surface area contributed by atoms with E-state index < -0.39 is 18.1 Å². The number of nitrogens with one attached hydrogen (secondary N) is 3. The quantitative estimate of drug-likeness (QED) is 0.236. The predicted molar refractivity (Wildman–Crippen MR) is 164 cm³/mol. The van der Waals surface area contributed by atoms with Crippen LogP contribution < -0.4 is 35.6 Å². The summed E-state index contributed by atoms with van der Waals surface area (Å²) in [5.74, 6) is -0.0608. The van der Waals surface area contributed by atoms with Crippen LogP contribution in [0.4, 0.5) is 5.69 Å². The summed E-state index contributed by atoms with van der Waals surface area (Å²) in [5, 5.41) is 17.8. The number of amides is 2. The molecule has 0 heterocycles. The lowest BCUT2D eigenvalue weighted by atomic mass is 9.95. The van der Waals surface area contributed by atoms with Gasteiger partial charge in [-0.1, -0.05) is 26.3 Å². The van der Waals surface area contributed by atoms with Gasteiger partial charge in [-0.05, 0) is 66.5 Å². The number of benzene rings is 1. The molecule has 0 aromatic heterocycles. The number of aryl methyl sites for hydroxylation is 1.